The first kappa shape index (κ1) is 12.1. The maximum Gasteiger partial charge on any atom is -0.0161 e. The van der Waals surface area contributed by atoms with E-state index >= 15 is 0 Å². The van der Waals surface area contributed by atoms with Gasteiger partial charge in [-0.05, 0) is 35.0 Å². The van der Waals surface area contributed by atoms with Crippen molar-refractivity contribution in [3.63, 3.8) is 0 Å². The van der Waals surface area contributed by atoms with E-state index in [4.69, 9.17) is 0 Å². The first-order valence-electron chi connectivity index (χ1n) is 6.39. The average Bonchev–Trinajstić information content (AvgIpc) is 2.67. The Hall–Kier alpha value is 0. The Morgan fingerprint density at radius 2 is 1.43 bits per heavy atom. The van der Waals surface area contributed by atoms with Gasteiger partial charge < -0.3 is 0 Å². The molecule has 84 valence electrons. The van der Waals surface area contributed by atoms with Crippen molar-refractivity contribution >= 4 is 0 Å². The van der Waals surface area contributed by atoms with Crippen molar-refractivity contribution in [3.8, 4) is 0 Å². The summed E-state index contributed by atoms with van der Waals surface area (Å²) in [6.07, 6.45) is 2.71. The second kappa shape index (κ2) is 3.54. The minimum Gasteiger partial charge on any atom is -0.0651 e. The lowest BCUT2D eigenvalue weighted by molar-refractivity contribution is 0.178. The second-order valence-corrected chi connectivity index (χ2v) is 5.97. The van der Waals surface area contributed by atoms with Crippen molar-refractivity contribution in [2.45, 2.75) is 61.3 Å². The Morgan fingerprint density at radius 1 is 1.00 bits per heavy atom. The minimum absolute atomic E-state index is 0.615. The molecule has 0 bridgehead atoms. The van der Waals surface area contributed by atoms with E-state index in [0.717, 1.165) is 17.8 Å². The third kappa shape index (κ3) is 1.12. The van der Waals surface area contributed by atoms with Gasteiger partial charge in [0.1, 0.15) is 0 Å². The number of hydrogen-bond acceptors (Lipinski definition) is 0. The molecule has 0 aromatic heterocycles. The molecule has 0 N–H and O–H groups in total. The molecule has 1 aliphatic rings. The molecule has 0 aromatic carbocycles. The molecule has 1 aliphatic carbocycles. The van der Waals surface area contributed by atoms with Gasteiger partial charge in [-0.25, -0.2) is 0 Å². The van der Waals surface area contributed by atoms with Crippen LogP contribution in [0.15, 0.2) is 0 Å². The van der Waals surface area contributed by atoms with Gasteiger partial charge in [0.25, 0.3) is 0 Å². The van der Waals surface area contributed by atoms with Crippen molar-refractivity contribution in [1.82, 2.24) is 0 Å². The van der Waals surface area contributed by atoms with E-state index in [1.165, 1.54) is 12.8 Å². The van der Waals surface area contributed by atoms with Gasteiger partial charge in [0.15, 0.2) is 0 Å². The smallest absolute Gasteiger partial charge is 0.0161 e. The van der Waals surface area contributed by atoms with Crippen LogP contribution in [0.1, 0.15) is 61.3 Å². The maximum absolute atomic E-state index is 2.52. The summed E-state index contributed by atoms with van der Waals surface area (Å²) in [4.78, 5) is 0. The maximum atomic E-state index is 2.52. The summed E-state index contributed by atoms with van der Waals surface area (Å²) >= 11 is 0. The summed E-state index contributed by atoms with van der Waals surface area (Å²) in [7, 11) is 0. The molecular weight excluding hydrogens is 168 g/mol. The summed E-state index contributed by atoms with van der Waals surface area (Å²) < 4.78 is 0. The highest BCUT2D eigenvalue weighted by Gasteiger charge is 2.72. The summed E-state index contributed by atoms with van der Waals surface area (Å²) in [5, 5.41) is 0. The third-order valence-electron chi connectivity index (χ3n) is 5.30. The van der Waals surface area contributed by atoms with Crippen LogP contribution in [0.2, 0.25) is 0 Å². The molecule has 0 aliphatic heterocycles. The molecule has 0 heterocycles. The fourth-order valence-electron chi connectivity index (χ4n) is 4.97. The summed E-state index contributed by atoms with van der Waals surface area (Å²) in [6, 6.07) is 0. The summed E-state index contributed by atoms with van der Waals surface area (Å²) in [5.74, 6) is 2.62. The fourth-order valence-corrected chi connectivity index (χ4v) is 4.97. The van der Waals surface area contributed by atoms with Gasteiger partial charge in [0, 0.05) is 0 Å². The van der Waals surface area contributed by atoms with E-state index in [1.807, 2.05) is 0 Å². The fraction of sp³-hybridized carbons (Fsp3) is 1.00. The lowest BCUT2D eigenvalue weighted by Gasteiger charge is -2.30. The topological polar surface area (TPSA) is 0 Å². The minimum atomic E-state index is 0.615. The molecule has 0 spiro atoms. The van der Waals surface area contributed by atoms with E-state index in [9.17, 15) is 0 Å². The average molecular weight is 196 g/mol. The first-order valence-corrected chi connectivity index (χ1v) is 6.39. The quantitative estimate of drug-likeness (QED) is 0.609. The normalized spacial score (nSPS) is 35.4. The van der Waals surface area contributed by atoms with Gasteiger partial charge in [-0.15, -0.1) is 0 Å². The Labute approximate surface area is 90.5 Å². The van der Waals surface area contributed by atoms with Crippen LogP contribution in [0, 0.1) is 28.6 Å². The first-order chi connectivity index (χ1) is 6.39. The van der Waals surface area contributed by atoms with Crippen LogP contribution in [0.4, 0.5) is 0 Å². The number of rotatable bonds is 4. The highest BCUT2D eigenvalue weighted by atomic mass is 14.8. The van der Waals surface area contributed by atoms with Crippen LogP contribution in [-0.2, 0) is 0 Å². The zero-order valence-corrected chi connectivity index (χ0v) is 11.1. The van der Waals surface area contributed by atoms with E-state index in [0.29, 0.717) is 10.8 Å². The third-order valence-corrected chi connectivity index (χ3v) is 5.30. The molecule has 0 nitrogen and oxygen atoms in total. The van der Waals surface area contributed by atoms with E-state index in [-0.39, 0.29) is 0 Å². The van der Waals surface area contributed by atoms with Crippen LogP contribution < -0.4 is 0 Å². The molecule has 2 unspecified atom stereocenters. The van der Waals surface area contributed by atoms with Crippen molar-refractivity contribution in [2.75, 3.05) is 0 Å². The molecule has 0 amide bonds. The van der Waals surface area contributed by atoms with E-state index in [2.05, 4.69) is 48.5 Å². The highest BCUT2D eigenvalue weighted by Crippen LogP contribution is 2.78. The van der Waals surface area contributed by atoms with Crippen LogP contribution in [0.5, 0.6) is 0 Å². The Kier molecular flexibility index (Phi) is 3.05. The van der Waals surface area contributed by atoms with Crippen molar-refractivity contribution in [1.29, 1.82) is 0 Å². The lowest BCUT2D eigenvalue weighted by Crippen LogP contribution is -2.24. The Morgan fingerprint density at radius 3 is 1.50 bits per heavy atom. The van der Waals surface area contributed by atoms with Crippen LogP contribution in [0.25, 0.3) is 0 Å². The van der Waals surface area contributed by atoms with Crippen LogP contribution >= 0.6 is 0 Å². The number of hydrogen-bond donors (Lipinski definition) is 0. The van der Waals surface area contributed by atoms with E-state index in [1.54, 1.807) is 0 Å². The second-order valence-electron chi connectivity index (χ2n) is 5.97. The van der Waals surface area contributed by atoms with Crippen LogP contribution in [-0.4, -0.2) is 0 Å². The molecule has 0 aromatic rings. The molecule has 0 heteroatoms. The Bertz CT molecular complexity index is 194. The Balaban J connectivity index is 3.03. The lowest BCUT2D eigenvalue weighted by atomic mass is 9.74. The molecule has 1 saturated carbocycles. The van der Waals surface area contributed by atoms with Gasteiger partial charge in [-0.3, -0.25) is 0 Å². The molecule has 1 fully saturated rings. The predicted octanol–water partition coefficient (Wildman–Crippen LogP) is 4.74. The van der Waals surface area contributed by atoms with Gasteiger partial charge in [0.05, 0.1) is 0 Å². The monoisotopic (exact) mass is 196 g/mol. The molecule has 1 rings (SSSR count). The zero-order valence-electron chi connectivity index (χ0n) is 11.1. The predicted molar refractivity (Wildman–Crippen MR) is 64.3 cm³/mol. The largest absolute Gasteiger partial charge is 0.0651 e. The summed E-state index contributed by atoms with van der Waals surface area (Å²) in [5.41, 5.74) is 1.24. The molecule has 0 saturated heterocycles. The summed E-state index contributed by atoms with van der Waals surface area (Å²) in [6.45, 7) is 16.9. The van der Waals surface area contributed by atoms with Crippen molar-refractivity contribution < 1.29 is 0 Å². The van der Waals surface area contributed by atoms with Gasteiger partial charge in [0.2, 0.25) is 0 Å². The van der Waals surface area contributed by atoms with Gasteiger partial charge in [-0.2, -0.15) is 0 Å². The van der Waals surface area contributed by atoms with Crippen molar-refractivity contribution in [2.24, 2.45) is 28.6 Å². The molecule has 0 radical (unpaired) electrons. The molecular formula is C14H28. The molecule has 14 heavy (non-hydrogen) atoms. The van der Waals surface area contributed by atoms with Crippen LogP contribution in [0.3, 0.4) is 0 Å². The standard InChI is InChI=1S/C14H28/c1-8-12-13(7,9-2)14(12,10(3)4)11(5)6/h10-12H,8-9H2,1-7H3. The van der Waals surface area contributed by atoms with Gasteiger partial charge in [-0.1, -0.05) is 54.9 Å². The SMILES string of the molecule is CCC1C(C)(CC)C1(C(C)C)C(C)C. The zero-order chi connectivity index (χ0) is 11.1. The molecule has 2 atom stereocenters. The van der Waals surface area contributed by atoms with Crippen molar-refractivity contribution in [3.05, 3.63) is 0 Å². The highest BCUT2D eigenvalue weighted by molar-refractivity contribution is 5.20. The van der Waals surface area contributed by atoms with E-state index < -0.39 is 0 Å². The van der Waals surface area contributed by atoms with Gasteiger partial charge >= 0.3 is 0 Å².